The second-order valence-electron chi connectivity index (χ2n) is 5.61. The van der Waals surface area contributed by atoms with E-state index in [9.17, 15) is 9.59 Å². The Labute approximate surface area is 133 Å². The summed E-state index contributed by atoms with van der Waals surface area (Å²) in [5, 5.41) is 6.10. The zero-order chi connectivity index (χ0) is 16.2. The Bertz CT molecular complexity index is 709. The number of hydrogen-bond donors (Lipinski definition) is 1. The molecule has 0 aliphatic carbocycles. The van der Waals surface area contributed by atoms with Crippen molar-refractivity contribution < 1.29 is 4.79 Å². The maximum absolute atomic E-state index is 12.3. The maximum Gasteiger partial charge on any atom is 0.274 e. The fourth-order valence-corrected chi connectivity index (χ4v) is 2.69. The quantitative estimate of drug-likeness (QED) is 0.839. The molecule has 1 aliphatic rings. The molecule has 0 saturated carbocycles. The first kappa shape index (κ1) is 15.4. The summed E-state index contributed by atoms with van der Waals surface area (Å²) < 4.78 is 2.13. The number of piperazine rings is 1. The number of rotatable bonds is 4. The van der Waals surface area contributed by atoms with Crippen molar-refractivity contribution >= 4 is 5.91 Å². The number of H-pyrrole nitrogens is 1. The van der Waals surface area contributed by atoms with E-state index >= 15 is 0 Å². The van der Waals surface area contributed by atoms with Crippen LogP contribution in [0.25, 0.3) is 0 Å². The number of aryl methyl sites for hydroxylation is 1. The molecule has 1 amide bonds. The summed E-state index contributed by atoms with van der Waals surface area (Å²) in [4.78, 5) is 31.6. The van der Waals surface area contributed by atoms with E-state index in [1.165, 1.54) is 12.1 Å². The van der Waals surface area contributed by atoms with Crippen molar-refractivity contribution in [3.8, 4) is 0 Å². The first-order chi connectivity index (χ1) is 11.1. The van der Waals surface area contributed by atoms with Gasteiger partial charge in [-0.1, -0.05) is 0 Å². The molecule has 0 unspecified atom stereocenters. The Kier molecular flexibility index (Phi) is 4.52. The van der Waals surface area contributed by atoms with Gasteiger partial charge >= 0.3 is 0 Å². The Morgan fingerprint density at radius 1 is 1.22 bits per heavy atom. The average Bonchev–Trinajstić information content (AvgIpc) is 2.99. The minimum Gasteiger partial charge on any atom is -0.335 e. The van der Waals surface area contributed by atoms with Gasteiger partial charge in [-0.25, -0.2) is 10.1 Å². The van der Waals surface area contributed by atoms with Gasteiger partial charge < -0.3 is 9.47 Å². The Morgan fingerprint density at radius 3 is 2.61 bits per heavy atom. The molecule has 3 rings (SSSR count). The Hall–Kier alpha value is -2.48. The summed E-state index contributed by atoms with van der Waals surface area (Å²) in [5.74, 6) is 0.884. The summed E-state index contributed by atoms with van der Waals surface area (Å²) in [6.45, 7) is 6.85. The molecule has 23 heavy (non-hydrogen) atoms. The van der Waals surface area contributed by atoms with Gasteiger partial charge in [-0.15, -0.1) is 0 Å². The molecule has 0 atom stereocenters. The van der Waals surface area contributed by atoms with Crippen LogP contribution in [-0.4, -0.2) is 68.2 Å². The molecule has 2 aromatic heterocycles. The number of hydrogen-bond acceptors (Lipinski definition) is 5. The second-order valence-corrected chi connectivity index (χ2v) is 5.61. The van der Waals surface area contributed by atoms with Crippen LogP contribution in [-0.2, 0) is 6.54 Å². The van der Waals surface area contributed by atoms with Gasteiger partial charge in [0.2, 0.25) is 0 Å². The molecule has 3 heterocycles. The summed E-state index contributed by atoms with van der Waals surface area (Å²) in [7, 11) is 0. The van der Waals surface area contributed by atoms with Gasteiger partial charge in [-0.3, -0.25) is 14.5 Å². The highest BCUT2D eigenvalue weighted by molar-refractivity contribution is 5.92. The van der Waals surface area contributed by atoms with Crippen molar-refractivity contribution in [3.63, 3.8) is 0 Å². The molecule has 1 aliphatic heterocycles. The zero-order valence-electron chi connectivity index (χ0n) is 13.1. The van der Waals surface area contributed by atoms with Crippen LogP contribution in [0.15, 0.2) is 29.3 Å². The van der Waals surface area contributed by atoms with Crippen LogP contribution in [0.5, 0.6) is 0 Å². The van der Waals surface area contributed by atoms with E-state index in [0.29, 0.717) is 13.1 Å². The number of carbonyl (C=O) groups is 1. The lowest BCUT2D eigenvalue weighted by molar-refractivity contribution is 0.0626. The SMILES string of the molecule is Cc1nccn1CCN1CCN(C(=O)c2ccc(=O)[nH]n2)CC1. The zero-order valence-corrected chi connectivity index (χ0v) is 13.1. The lowest BCUT2D eigenvalue weighted by Crippen LogP contribution is -2.49. The minimum atomic E-state index is -0.304. The molecular weight excluding hydrogens is 296 g/mol. The molecule has 0 aromatic carbocycles. The number of amides is 1. The van der Waals surface area contributed by atoms with E-state index in [1.54, 1.807) is 4.90 Å². The lowest BCUT2D eigenvalue weighted by Gasteiger charge is -2.34. The minimum absolute atomic E-state index is 0.133. The second kappa shape index (κ2) is 6.74. The molecule has 0 spiro atoms. The van der Waals surface area contributed by atoms with Crippen molar-refractivity contribution in [3.05, 3.63) is 46.4 Å². The molecule has 1 fully saturated rings. The maximum atomic E-state index is 12.3. The van der Waals surface area contributed by atoms with Crippen LogP contribution >= 0.6 is 0 Å². The third kappa shape index (κ3) is 3.65. The highest BCUT2D eigenvalue weighted by atomic mass is 16.2. The fraction of sp³-hybridized carbons (Fsp3) is 0.467. The molecule has 2 aromatic rings. The smallest absolute Gasteiger partial charge is 0.274 e. The first-order valence-electron chi connectivity index (χ1n) is 7.68. The number of imidazole rings is 1. The van der Waals surface area contributed by atoms with Crippen LogP contribution in [0.4, 0.5) is 0 Å². The van der Waals surface area contributed by atoms with Crippen molar-refractivity contribution in [2.75, 3.05) is 32.7 Å². The van der Waals surface area contributed by atoms with Gasteiger partial charge in [-0.05, 0) is 13.0 Å². The van der Waals surface area contributed by atoms with E-state index in [4.69, 9.17) is 0 Å². The topological polar surface area (TPSA) is 87.1 Å². The van der Waals surface area contributed by atoms with Crippen LogP contribution in [0.1, 0.15) is 16.3 Å². The predicted octanol–water partition coefficient (Wildman–Crippen LogP) is -0.267. The third-order valence-corrected chi connectivity index (χ3v) is 4.14. The Balaban J connectivity index is 1.50. The van der Waals surface area contributed by atoms with Gasteiger partial charge in [0.25, 0.3) is 11.5 Å². The van der Waals surface area contributed by atoms with Crippen molar-refractivity contribution in [2.24, 2.45) is 0 Å². The third-order valence-electron chi connectivity index (χ3n) is 4.14. The molecule has 0 bridgehead atoms. The average molecular weight is 316 g/mol. The molecule has 1 saturated heterocycles. The number of carbonyl (C=O) groups excluding carboxylic acids is 1. The van der Waals surface area contributed by atoms with E-state index in [1.807, 2.05) is 19.3 Å². The normalized spacial score (nSPS) is 15.8. The summed E-state index contributed by atoms with van der Waals surface area (Å²) in [6.07, 6.45) is 3.79. The molecule has 0 radical (unpaired) electrons. The number of nitrogens with one attached hydrogen (secondary N) is 1. The van der Waals surface area contributed by atoms with Crippen LogP contribution < -0.4 is 5.56 Å². The number of aromatic nitrogens is 4. The summed E-state index contributed by atoms with van der Waals surface area (Å²) >= 11 is 0. The van der Waals surface area contributed by atoms with Crippen molar-refractivity contribution in [1.82, 2.24) is 29.5 Å². The fourth-order valence-electron chi connectivity index (χ4n) is 2.69. The van der Waals surface area contributed by atoms with Crippen molar-refractivity contribution in [1.29, 1.82) is 0 Å². The van der Waals surface area contributed by atoms with Gasteiger partial charge in [0.05, 0.1) is 0 Å². The van der Waals surface area contributed by atoms with E-state index < -0.39 is 0 Å². The molecular formula is C15H20N6O2. The molecule has 8 nitrogen and oxygen atoms in total. The lowest BCUT2D eigenvalue weighted by atomic mass is 10.2. The van der Waals surface area contributed by atoms with E-state index in [-0.39, 0.29) is 17.2 Å². The van der Waals surface area contributed by atoms with Crippen LogP contribution in [0.3, 0.4) is 0 Å². The van der Waals surface area contributed by atoms with E-state index in [2.05, 4.69) is 24.6 Å². The monoisotopic (exact) mass is 316 g/mol. The van der Waals surface area contributed by atoms with E-state index in [0.717, 1.165) is 32.0 Å². The van der Waals surface area contributed by atoms with Crippen molar-refractivity contribution in [2.45, 2.75) is 13.5 Å². The van der Waals surface area contributed by atoms with Gasteiger partial charge in [0.15, 0.2) is 0 Å². The molecule has 122 valence electrons. The predicted molar refractivity (Wildman–Crippen MR) is 84.2 cm³/mol. The summed E-state index contributed by atoms with van der Waals surface area (Å²) in [6, 6.07) is 2.79. The molecule has 1 N–H and O–H groups in total. The largest absolute Gasteiger partial charge is 0.335 e. The van der Waals surface area contributed by atoms with Crippen LogP contribution in [0, 0.1) is 6.92 Å². The Morgan fingerprint density at radius 2 is 2.00 bits per heavy atom. The standard InChI is InChI=1S/C15H20N6O2/c1-12-16-4-5-20(12)9-6-19-7-10-21(11-8-19)15(23)13-2-3-14(22)18-17-13/h2-5H,6-11H2,1H3,(H,18,22). The van der Waals surface area contributed by atoms with Crippen LogP contribution in [0.2, 0.25) is 0 Å². The number of nitrogens with zero attached hydrogens (tertiary/aromatic N) is 5. The highest BCUT2D eigenvalue weighted by Crippen LogP contribution is 2.06. The molecule has 8 heteroatoms. The van der Waals surface area contributed by atoms with Gasteiger partial charge in [0, 0.05) is 57.7 Å². The van der Waals surface area contributed by atoms with Gasteiger partial charge in [0.1, 0.15) is 11.5 Å². The number of aromatic amines is 1. The highest BCUT2D eigenvalue weighted by Gasteiger charge is 2.22. The van der Waals surface area contributed by atoms with Gasteiger partial charge in [-0.2, -0.15) is 5.10 Å². The summed E-state index contributed by atoms with van der Waals surface area (Å²) in [5.41, 5.74) is -0.0201. The first-order valence-corrected chi connectivity index (χ1v) is 7.68.